The third kappa shape index (κ3) is 3.97. The van der Waals surface area contributed by atoms with Crippen molar-refractivity contribution in [3.63, 3.8) is 0 Å². The lowest BCUT2D eigenvalue weighted by Gasteiger charge is -2.14. The van der Waals surface area contributed by atoms with Crippen molar-refractivity contribution < 1.29 is 18.3 Å². The molecule has 17 heavy (non-hydrogen) atoms. The number of aryl methyl sites for hydroxylation is 1. The van der Waals surface area contributed by atoms with Crippen molar-refractivity contribution in [3.05, 3.63) is 10.6 Å². The predicted molar refractivity (Wildman–Crippen MR) is 66.8 cm³/mol. The summed E-state index contributed by atoms with van der Waals surface area (Å²) in [6.07, 6.45) is 1.16. The molecule has 0 amide bonds. The Labute approximate surface area is 104 Å². The minimum atomic E-state index is -3.03. The highest BCUT2D eigenvalue weighted by atomic mass is 32.2. The summed E-state index contributed by atoms with van der Waals surface area (Å²) in [6.45, 7) is 1.97. The zero-order valence-electron chi connectivity index (χ0n) is 9.80. The van der Waals surface area contributed by atoms with Crippen molar-refractivity contribution in [1.82, 2.24) is 4.98 Å². The van der Waals surface area contributed by atoms with Crippen LogP contribution < -0.4 is 4.90 Å². The lowest BCUT2D eigenvalue weighted by Crippen LogP contribution is -2.24. The van der Waals surface area contributed by atoms with Crippen LogP contribution in [0.25, 0.3) is 0 Å². The van der Waals surface area contributed by atoms with E-state index in [0.29, 0.717) is 16.6 Å². The molecule has 0 atom stereocenters. The molecule has 6 nitrogen and oxygen atoms in total. The molecular formula is C9H14N2O4S2. The van der Waals surface area contributed by atoms with Gasteiger partial charge in [0.05, 0.1) is 5.75 Å². The number of anilines is 1. The van der Waals surface area contributed by atoms with Gasteiger partial charge in [0.15, 0.2) is 10.8 Å². The first-order valence-electron chi connectivity index (χ1n) is 4.80. The average Bonchev–Trinajstić information content (AvgIpc) is 2.55. The van der Waals surface area contributed by atoms with Crippen LogP contribution in [0.15, 0.2) is 0 Å². The highest BCUT2D eigenvalue weighted by molar-refractivity contribution is 7.90. The van der Waals surface area contributed by atoms with E-state index < -0.39 is 15.8 Å². The molecule has 1 aromatic rings. The number of sulfone groups is 1. The predicted octanol–water partition coefficient (Wildman–Crippen LogP) is 0.631. The first-order chi connectivity index (χ1) is 7.70. The summed E-state index contributed by atoms with van der Waals surface area (Å²) in [5.41, 5.74) is 0.0243. The summed E-state index contributed by atoms with van der Waals surface area (Å²) in [4.78, 5) is 17.0. The van der Waals surface area contributed by atoms with Crippen LogP contribution >= 0.6 is 11.3 Å². The molecular weight excluding hydrogens is 264 g/mol. The van der Waals surface area contributed by atoms with Gasteiger partial charge in [0.1, 0.15) is 9.84 Å². The highest BCUT2D eigenvalue weighted by Crippen LogP contribution is 2.24. The van der Waals surface area contributed by atoms with Crippen molar-refractivity contribution in [2.24, 2.45) is 0 Å². The number of carboxylic acid groups (broad SMARTS) is 1. The van der Waals surface area contributed by atoms with E-state index in [0.717, 1.165) is 6.26 Å². The number of hydrogen-bond donors (Lipinski definition) is 1. The Morgan fingerprint density at radius 2 is 2.12 bits per heavy atom. The molecule has 0 aromatic carbocycles. The van der Waals surface area contributed by atoms with E-state index in [-0.39, 0.29) is 11.4 Å². The van der Waals surface area contributed by atoms with E-state index >= 15 is 0 Å². The molecule has 96 valence electrons. The van der Waals surface area contributed by atoms with Gasteiger partial charge in [0, 0.05) is 24.7 Å². The zero-order chi connectivity index (χ0) is 13.2. The molecule has 0 saturated carbocycles. The minimum absolute atomic E-state index is 0.0184. The first kappa shape index (κ1) is 13.9. The van der Waals surface area contributed by atoms with Crippen LogP contribution in [-0.2, 0) is 9.84 Å². The second kappa shape index (κ2) is 5.01. The van der Waals surface area contributed by atoms with Gasteiger partial charge in [0.2, 0.25) is 0 Å². The van der Waals surface area contributed by atoms with E-state index in [1.807, 2.05) is 0 Å². The van der Waals surface area contributed by atoms with Gasteiger partial charge in [-0.2, -0.15) is 0 Å². The van der Waals surface area contributed by atoms with Gasteiger partial charge >= 0.3 is 5.97 Å². The van der Waals surface area contributed by atoms with Gasteiger partial charge in [-0.05, 0) is 6.92 Å². The summed E-state index contributed by atoms with van der Waals surface area (Å²) in [5, 5.41) is 9.37. The molecule has 1 rings (SSSR count). The summed E-state index contributed by atoms with van der Waals surface area (Å²) >= 11 is 1.24. The zero-order valence-corrected chi connectivity index (χ0v) is 11.4. The molecule has 0 radical (unpaired) electrons. The van der Waals surface area contributed by atoms with Crippen LogP contribution in [0.5, 0.6) is 0 Å². The number of aromatic nitrogens is 1. The van der Waals surface area contributed by atoms with Gasteiger partial charge in [-0.15, -0.1) is 11.3 Å². The maximum atomic E-state index is 11.0. The number of carboxylic acids is 1. The molecule has 0 aliphatic carbocycles. The molecule has 8 heteroatoms. The van der Waals surface area contributed by atoms with Crippen molar-refractivity contribution in [1.29, 1.82) is 0 Å². The van der Waals surface area contributed by atoms with Crippen LogP contribution in [0.4, 0.5) is 5.13 Å². The van der Waals surface area contributed by atoms with E-state index in [2.05, 4.69) is 4.98 Å². The molecule has 1 N–H and O–H groups in total. The lowest BCUT2D eigenvalue weighted by molar-refractivity contribution is 0.0690. The summed E-state index contributed by atoms with van der Waals surface area (Å²) < 4.78 is 22.0. The number of thiazole rings is 1. The molecule has 0 aliphatic heterocycles. The summed E-state index contributed by atoms with van der Waals surface area (Å²) in [6, 6.07) is 0. The molecule has 0 unspecified atom stereocenters. The van der Waals surface area contributed by atoms with Gasteiger partial charge < -0.3 is 10.0 Å². The van der Waals surface area contributed by atoms with Crippen LogP contribution in [0.2, 0.25) is 0 Å². The number of hydrogen-bond acceptors (Lipinski definition) is 6. The molecule has 0 aliphatic rings. The van der Waals surface area contributed by atoms with Gasteiger partial charge in [-0.25, -0.2) is 18.2 Å². The van der Waals surface area contributed by atoms with Crippen LogP contribution in [0.1, 0.15) is 15.4 Å². The Morgan fingerprint density at radius 3 is 2.53 bits per heavy atom. The fraction of sp³-hybridized carbons (Fsp3) is 0.556. The normalized spacial score (nSPS) is 11.5. The fourth-order valence-corrected chi connectivity index (χ4v) is 2.64. The van der Waals surface area contributed by atoms with E-state index in [9.17, 15) is 13.2 Å². The second-order valence-electron chi connectivity index (χ2n) is 3.76. The molecule has 0 fully saturated rings. The maximum absolute atomic E-state index is 11.0. The third-order valence-corrected chi connectivity index (χ3v) is 4.12. The van der Waals surface area contributed by atoms with Gasteiger partial charge in [0.25, 0.3) is 0 Å². The second-order valence-corrected chi connectivity index (χ2v) is 7.20. The topological polar surface area (TPSA) is 87.6 Å². The molecule has 0 saturated heterocycles. The third-order valence-electron chi connectivity index (χ3n) is 2.11. The minimum Gasteiger partial charge on any atom is -0.476 e. The molecule has 0 bridgehead atoms. The monoisotopic (exact) mass is 278 g/mol. The van der Waals surface area contributed by atoms with E-state index in [1.54, 1.807) is 18.9 Å². The van der Waals surface area contributed by atoms with Crippen molar-refractivity contribution >= 4 is 32.3 Å². The Morgan fingerprint density at radius 1 is 1.53 bits per heavy atom. The first-order valence-corrected chi connectivity index (χ1v) is 7.68. The molecule has 1 aromatic heterocycles. The van der Waals surface area contributed by atoms with Crippen LogP contribution in [-0.4, -0.2) is 50.1 Å². The molecule has 0 spiro atoms. The standard InChI is InChI=1S/C9H14N2O4S2/c1-6-7(8(12)13)10-9(16-6)11(2)4-5-17(3,14)15/h4-5H2,1-3H3,(H,12,13). The number of rotatable bonds is 5. The average molecular weight is 278 g/mol. The fourth-order valence-electron chi connectivity index (χ4n) is 1.14. The summed E-state index contributed by atoms with van der Waals surface area (Å²) in [5.74, 6) is -1.05. The van der Waals surface area contributed by atoms with E-state index in [1.165, 1.54) is 11.3 Å². The Kier molecular flexibility index (Phi) is 4.10. The quantitative estimate of drug-likeness (QED) is 0.850. The van der Waals surface area contributed by atoms with Crippen molar-refractivity contribution in [3.8, 4) is 0 Å². The Bertz CT molecular complexity index is 521. The van der Waals surface area contributed by atoms with Gasteiger partial charge in [-0.1, -0.05) is 0 Å². The number of aromatic carboxylic acids is 1. The molecule has 1 heterocycles. The Hall–Kier alpha value is -1.15. The van der Waals surface area contributed by atoms with Gasteiger partial charge in [-0.3, -0.25) is 0 Å². The smallest absolute Gasteiger partial charge is 0.355 e. The van der Waals surface area contributed by atoms with Crippen LogP contribution in [0.3, 0.4) is 0 Å². The Balaban J connectivity index is 2.80. The van der Waals surface area contributed by atoms with Crippen LogP contribution in [0, 0.1) is 6.92 Å². The SMILES string of the molecule is Cc1sc(N(C)CCS(C)(=O)=O)nc1C(=O)O. The van der Waals surface area contributed by atoms with Crippen molar-refractivity contribution in [2.75, 3.05) is 30.5 Å². The lowest BCUT2D eigenvalue weighted by atomic mass is 10.4. The number of nitrogens with zero attached hydrogens (tertiary/aromatic N) is 2. The van der Waals surface area contributed by atoms with E-state index in [4.69, 9.17) is 5.11 Å². The largest absolute Gasteiger partial charge is 0.476 e. The number of carbonyl (C=O) groups is 1. The maximum Gasteiger partial charge on any atom is 0.355 e. The summed E-state index contributed by atoms with van der Waals surface area (Å²) in [7, 11) is -1.34. The van der Waals surface area contributed by atoms with Crippen molar-refractivity contribution in [2.45, 2.75) is 6.92 Å². The highest BCUT2D eigenvalue weighted by Gasteiger charge is 2.16.